The average Bonchev–Trinajstić information content (AvgIpc) is 2.65. The summed E-state index contributed by atoms with van der Waals surface area (Å²) in [5.41, 5.74) is 2.49. The average molecular weight is 405 g/mol. The fourth-order valence-corrected chi connectivity index (χ4v) is 3.85. The Morgan fingerprint density at radius 3 is 2.56 bits per heavy atom. The van der Waals surface area contributed by atoms with Crippen molar-refractivity contribution >= 4 is 15.9 Å². The van der Waals surface area contributed by atoms with E-state index in [2.05, 4.69) is 62.5 Å². The lowest BCUT2D eigenvalue weighted by Crippen LogP contribution is -2.45. The van der Waals surface area contributed by atoms with Crippen LogP contribution in [-0.4, -0.2) is 44.8 Å². The van der Waals surface area contributed by atoms with Gasteiger partial charge in [-0.25, -0.2) is 0 Å². The van der Waals surface area contributed by atoms with Crippen LogP contribution < -0.4 is 14.8 Å². The number of hydrogen-bond donors (Lipinski definition) is 1. The summed E-state index contributed by atoms with van der Waals surface area (Å²) in [6.45, 7) is 6.66. The summed E-state index contributed by atoms with van der Waals surface area (Å²) in [6.07, 6.45) is 0. The van der Waals surface area contributed by atoms with Crippen LogP contribution in [0, 0.1) is 0 Å². The van der Waals surface area contributed by atoms with Gasteiger partial charge >= 0.3 is 0 Å². The van der Waals surface area contributed by atoms with Gasteiger partial charge in [0.05, 0.1) is 19.8 Å². The van der Waals surface area contributed by atoms with E-state index >= 15 is 0 Å². The predicted molar refractivity (Wildman–Crippen MR) is 105 cm³/mol. The number of methoxy groups -OCH3 is 1. The van der Waals surface area contributed by atoms with Crippen molar-refractivity contribution < 1.29 is 9.47 Å². The Kier molecular flexibility index (Phi) is 6.34. The van der Waals surface area contributed by atoms with Gasteiger partial charge in [0.2, 0.25) is 0 Å². The molecule has 1 aliphatic heterocycles. The maximum absolute atomic E-state index is 5.68. The Morgan fingerprint density at radius 2 is 1.88 bits per heavy atom. The molecule has 1 fully saturated rings. The molecule has 2 aromatic rings. The largest absolute Gasteiger partial charge is 0.493 e. The number of nitrogens with zero attached hydrogens (tertiary/aromatic N) is 1. The van der Waals surface area contributed by atoms with Gasteiger partial charge < -0.3 is 14.8 Å². The Hall–Kier alpha value is -1.56. The van der Waals surface area contributed by atoms with E-state index in [9.17, 15) is 0 Å². The van der Waals surface area contributed by atoms with Gasteiger partial charge in [-0.3, -0.25) is 4.90 Å². The number of rotatable bonds is 6. The van der Waals surface area contributed by atoms with Crippen LogP contribution in [0.5, 0.6) is 11.5 Å². The number of ether oxygens (including phenoxy) is 2. The zero-order valence-electron chi connectivity index (χ0n) is 14.8. The Labute approximate surface area is 158 Å². The molecule has 0 amide bonds. The smallest absolute Gasteiger partial charge is 0.161 e. The lowest BCUT2D eigenvalue weighted by atomic mass is 9.96. The predicted octanol–water partition coefficient (Wildman–Crippen LogP) is 3.85. The molecule has 0 saturated carbocycles. The first-order chi connectivity index (χ1) is 12.2. The molecule has 5 heteroatoms. The van der Waals surface area contributed by atoms with E-state index in [1.807, 2.05) is 13.0 Å². The lowest BCUT2D eigenvalue weighted by molar-refractivity contribution is 0.197. The number of halogens is 1. The first-order valence-corrected chi connectivity index (χ1v) is 9.53. The van der Waals surface area contributed by atoms with E-state index in [1.54, 1.807) is 7.11 Å². The number of nitrogens with one attached hydrogen (secondary N) is 1. The molecule has 3 rings (SSSR count). The number of piperazine rings is 1. The minimum absolute atomic E-state index is 0.183. The molecule has 0 bridgehead atoms. The zero-order valence-corrected chi connectivity index (χ0v) is 16.4. The SMILES string of the molecule is CCOc1ccc(C(c2ccccc2Br)N2CCNCC2)cc1OC. The third kappa shape index (κ3) is 4.17. The monoisotopic (exact) mass is 404 g/mol. The van der Waals surface area contributed by atoms with Crippen molar-refractivity contribution in [3.63, 3.8) is 0 Å². The highest BCUT2D eigenvalue weighted by molar-refractivity contribution is 9.10. The summed E-state index contributed by atoms with van der Waals surface area (Å²) in [7, 11) is 1.69. The molecule has 1 unspecified atom stereocenters. The van der Waals surface area contributed by atoms with Gasteiger partial charge in [-0.1, -0.05) is 40.2 Å². The summed E-state index contributed by atoms with van der Waals surface area (Å²) >= 11 is 3.74. The van der Waals surface area contributed by atoms with Gasteiger partial charge in [0, 0.05) is 30.7 Å². The molecule has 134 valence electrons. The van der Waals surface area contributed by atoms with Crippen molar-refractivity contribution in [3.05, 3.63) is 58.1 Å². The van der Waals surface area contributed by atoms with Crippen molar-refractivity contribution in [2.75, 3.05) is 39.9 Å². The molecule has 1 aliphatic rings. The summed E-state index contributed by atoms with van der Waals surface area (Å²) in [5, 5.41) is 3.44. The fraction of sp³-hybridized carbons (Fsp3) is 0.400. The third-order valence-electron chi connectivity index (χ3n) is 4.52. The third-order valence-corrected chi connectivity index (χ3v) is 5.24. The summed E-state index contributed by atoms with van der Waals surface area (Å²) in [6, 6.07) is 14.9. The normalized spacial score (nSPS) is 16.4. The zero-order chi connectivity index (χ0) is 17.6. The van der Waals surface area contributed by atoms with Crippen molar-refractivity contribution in [1.29, 1.82) is 0 Å². The van der Waals surface area contributed by atoms with E-state index in [-0.39, 0.29) is 6.04 Å². The second-order valence-corrected chi connectivity index (χ2v) is 6.91. The second kappa shape index (κ2) is 8.70. The molecule has 1 N–H and O–H groups in total. The van der Waals surface area contributed by atoms with Crippen LogP contribution in [0.3, 0.4) is 0 Å². The van der Waals surface area contributed by atoms with E-state index in [0.717, 1.165) is 42.2 Å². The van der Waals surface area contributed by atoms with Crippen molar-refractivity contribution in [2.24, 2.45) is 0 Å². The molecular weight excluding hydrogens is 380 g/mol. The van der Waals surface area contributed by atoms with Gasteiger partial charge in [-0.05, 0) is 36.2 Å². The molecule has 0 aliphatic carbocycles. The molecule has 1 heterocycles. The van der Waals surface area contributed by atoms with Gasteiger partial charge in [-0.2, -0.15) is 0 Å². The highest BCUT2D eigenvalue weighted by atomic mass is 79.9. The molecule has 25 heavy (non-hydrogen) atoms. The quantitative estimate of drug-likeness (QED) is 0.792. The van der Waals surface area contributed by atoms with E-state index < -0.39 is 0 Å². The van der Waals surface area contributed by atoms with E-state index in [1.165, 1.54) is 11.1 Å². The topological polar surface area (TPSA) is 33.7 Å². The summed E-state index contributed by atoms with van der Waals surface area (Å²) < 4.78 is 12.4. The highest BCUT2D eigenvalue weighted by Gasteiger charge is 2.26. The van der Waals surface area contributed by atoms with Crippen LogP contribution in [0.4, 0.5) is 0 Å². The Morgan fingerprint density at radius 1 is 1.12 bits per heavy atom. The maximum Gasteiger partial charge on any atom is 0.161 e. The van der Waals surface area contributed by atoms with Crippen LogP contribution in [0.15, 0.2) is 46.9 Å². The number of hydrogen-bond acceptors (Lipinski definition) is 4. The maximum atomic E-state index is 5.68. The molecule has 0 aromatic heterocycles. The van der Waals surface area contributed by atoms with Crippen LogP contribution in [0.25, 0.3) is 0 Å². The number of benzene rings is 2. The summed E-state index contributed by atoms with van der Waals surface area (Å²) in [4.78, 5) is 2.52. The molecule has 0 spiro atoms. The molecule has 2 aromatic carbocycles. The molecular formula is C20H25BrN2O2. The van der Waals surface area contributed by atoms with Crippen LogP contribution in [0.1, 0.15) is 24.1 Å². The first-order valence-electron chi connectivity index (χ1n) is 8.74. The Balaban J connectivity index is 2.03. The van der Waals surface area contributed by atoms with Gasteiger partial charge in [-0.15, -0.1) is 0 Å². The van der Waals surface area contributed by atoms with Gasteiger partial charge in [0.15, 0.2) is 11.5 Å². The molecule has 4 nitrogen and oxygen atoms in total. The van der Waals surface area contributed by atoms with Crippen LogP contribution in [-0.2, 0) is 0 Å². The van der Waals surface area contributed by atoms with Gasteiger partial charge in [0.1, 0.15) is 0 Å². The van der Waals surface area contributed by atoms with E-state index in [0.29, 0.717) is 6.61 Å². The van der Waals surface area contributed by atoms with Crippen molar-refractivity contribution in [3.8, 4) is 11.5 Å². The Bertz CT molecular complexity index is 702. The lowest BCUT2D eigenvalue weighted by Gasteiger charge is -2.36. The fourth-order valence-electron chi connectivity index (χ4n) is 3.35. The molecule has 1 atom stereocenters. The minimum atomic E-state index is 0.183. The first kappa shape index (κ1) is 18.2. The van der Waals surface area contributed by atoms with E-state index in [4.69, 9.17) is 9.47 Å². The van der Waals surface area contributed by atoms with Crippen LogP contribution in [0.2, 0.25) is 0 Å². The second-order valence-electron chi connectivity index (χ2n) is 6.05. The van der Waals surface area contributed by atoms with Gasteiger partial charge in [0.25, 0.3) is 0 Å². The van der Waals surface area contributed by atoms with Crippen molar-refractivity contribution in [1.82, 2.24) is 10.2 Å². The van der Waals surface area contributed by atoms with Crippen molar-refractivity contribution in [2.45, 2.75) is 13.0 Å². The standard InChI is InChI=1S/C20H25BrN2O2/c1-3-25-18-9-8-15(14-19(18)24-2)20(23-12-10-22-11-13-23)16-6-4-5-7-17(16)21/h4-9,14,20,22H,3,10-13H2,1-2H3. The van der Waals surface area contributed by atoms with Crippen LogP contribution >= 0.6 is 15.9 Å². The minimum Gasteiger partial charge on any atom is -0.493 e. The molecule has 0 radical (unpaired) electrons. The summed E-state index contributed by atoms with van der Waals surface area (Å²) in [5.74, 6) is 1.58. The molecule has 1 saturated heterocycles. The highest BCUT2D eigenvalue weighted by Crippen LogP contribution is 2.37.